The SMILES string of the molecule is COc1cccc(F)c1C(C)Nc1c(C)cccc1Cl. The highest BCUT2D eigenvalue weighted by molar-refractivity contribution is 6.33. The first kappa shape index (κ1) is 14.7. The summed E-state index contributed by atoms with van der Waals surface area (Å²) in [6.07, 6.45) is 0. The van der Waals surface area contributed by atoms with Gasteiger partial charge in [-0.15, -0.1) is 0 Å². The normalized spacial score (nSPS) is 12.1. The van der Waals surface area contributed by atoms with Crippen molar-refractivity contribution in [2.75, 3.05) is 12.4 Å². The molecule has 0 saturated carbocycles. The van der Waals surface area contributed by atoms with Crippen molar-refractivity contribution in [3.05, 3.63) is 58.4 Å². The van der Waals surface area contributed by atoms with Crippen LogP contribution in [0.1, 0.15) is 24.1 Å². The molecule has 106 valence electrons. The molecule has 0 saturated heterocycles. The van der Waals surface area contributed by atoms with Crippen LogP contribution < -0.4 is 10.1 Å². The zero-order valence-corrected chi connectivity index (χ0v) is 12.5. The molecule has 1 atom stereocenters. The van der Waals surface area contributed by atoms with Crippen LogP contribution in [0.15, 0.2) is 36.4 Å². The molecular formula is C16H17ClFNO. The van der Waals surface area contributed by atoms with Gasteiger partial charge in [-0.05, 0) is 37.6 Å². The molecule has 0 aliphatic carbocycles. The van der Waals surface area contributed by atoms with Gasteiger partial charge in [-0.3, -0.25) is 0 Å². The van der Waals surface area contributed by atoms with Gasteiger partial charge in [0.2, 0.25) is 0 Å². The summed E-state index contributed by atoms with van der Waals surface area (Å²) in [7, 11) is 1.53. The van der Waals surface area contributed by atoms with Gasteiger partial charge < -0.3 is 10.1 Å². The van der Waals surface area contributed by atoms with E-state index >= 15 is 0 Å². The van der Waals surface area contributed by atoms with Crippen LogP contribution in [-0.4, -0.2) is 7.11 Å². The van der Waals surface area contributed by atoms with Gasteiger partial charge in [0.25, 0.3) is 0 Å². The third-order valence-corrected chi connectivity index (χ3v) is 3.56. The van der Waals surface area contributed by atoms with E-state index in [1.54, 1.807) is 12.1 Å². The lowest BCUT2D eigenvalue weighted by atomic mass is 10.1. The van der Waals surface area contributed by atoms with Gasteiger partial charge in [0, 0.05) is 0 Å². The first-order valence-corrected chi connectivity index (χ1v) is 6.76. The minimum absolute atomic E-state index is 0.259. The van der Waals surface area contributed by atoms with Crippen LogP contribution in [0.2, 0.25) is 5.02 Å². The summed E-state index contributed by atoms with van der Waals surface area (Å²) in [5.74, 6) is 0.226. The number of methoxy groups -OCH3 is 1. The summed E-state index contributed by atoms with van der Waals surface area (Å²) in [5, 5.41) is 3.88. The second-order valence-corrected chi connectivity index (χ2v) is 5.06. The monoisotopic (exact) mass is 293 g/mol. The molecule has 2 nitrogen and oxygen atoms in total. The van der Waals surface area contributed by atoms with E-state index in [0.717, 1.165) is 11.3 Å². The third-order valence-electron chi connectivity index (χ3n) is 3.25. The third kappa shape index (κ3) is 2.88. The molecule has 0 fully saturated rings. The molecule has 1 unspecified atom stereocenters. The number of aryl methyl sites for hydroxylation is 1. The molecule has 0 spiro atoms. The van der Waals surface area contributed by atoms with Crippen molar-refractivity contribution in [1.29, 1.82) is 0 Å². The topological polar surface area (TPSA) is 21.3 Å². The van der Waals surface area contributed by atoms with Gasteiger partial charge in [0.15, 0.2) is 0 Å². The minimum Gasteiger partial charge on any atom is -0.496 e. The molecule has 0 aliphatic rings. The Morgan fingerprint density at radius 1 is 1.20 bits per heavy atom. The Bertz CT molecular complexity index is 595. The number of nitrogens with one attached hydrogen (secondary N) is 1. The Hall–Kier alpha value is -1.74. The standard InChI is InChI=1S/C16H17ClFNO/c1-10-6-4-7-12(17)16(10)19-11(2)15-13(18)8-5-9-14(15)20-3/h4-9,11,19H,1-3H3. The highest BCUT2D eigenvalue weighted by Gasteiger charge is 2.17. The summed E-state index contributed by atoms with van der Waals surface area (Å²) in [6.45, 7) is 3.84. The quantitative estimate of drug-likeness (QED) is 0.859. The van der Waals surface area contributed by atoms with E-state index in [9.17, 15) is 4.39 Å². The largest absolute Gasteiger partial charge is 0.496 e. The zero-order chi connectivity index (χ0) is 14.7. The van der Waals surface area contributed by atoms with Crippen LogP contribution in [0.5, 0.6) is 5.75 Å². The van der Waals surface area contributed by atoms with Crippen LogP contribution >= 0.6 is 11.6 Å². The number of ether oxygens (including phenoxy) is 1. The lowest BCUT2D eigenvalue weighted by Gasteiger charge is -2.21. The van der Waals surface area contributed by atoms with E-state index in [4.69, 9.17) is 16.3 Å². The maximum Gasteiger partial charge on any atom is 0.132 e. The number of rotatable bonds is 4. The smallest absolute Gasteiger partial charge is 0.132 e. The fourth-order valence-electron chi connectivity index (χ4n) is 2.22. The molecule has 0 bridgehead atoms. The fourth-order valence-corrected chi connectivity index (χ4v) is 2.50. The van der Waals surface area contributed by atoms with Gasteiger partial charge >= 0.3 is 0 Å². The molecule has 0 aliphatic heterocycles. The summed E-state index contributed by atoms with van der Waals surface area (Å²) < 4.78 is 19.3. The van der Waals surface area contributed by atoms with Crippen molar-refractivity contribution in [1.82, 2.24) is 0 Å². The molecule has 0 heterocycles. The summed E-state index contributed by atoms with van der Waals surface area (Å²) in [5.41, 5.74) is 2.32. The van der Waals surface area contributed by atoms with Crippen molar-refractivity contribution < 1.29 is 9.13 Å². The number of anilines is 1. The lowest BCUT2D eigenvalue weighted by Crippen LogP contribution is -2.11. The Kier molecular flexibility index (Phi) is 4.50. The van der Waals surface area contributed by atoms with Gasteiger partial charge in [-0.25, -0.2) is 4.39 Å². The van der Waals surface area contributed by atoms with E-state index in [1.807, 2.05) is 32.0 Å². The van der Waals surface area contributed by atoms with Crippen LogP contribution in [0.4, 0.5) is 10.1 Å². The van der Waals surface area contributed by atoms with Gasteiger partial charge in [-0.2, -0.15) is 0 Å². The summed E-state index contributed by atoms with van der Waals surface area (Å²) in [6, 6.07) is 10.2. The second kappa shape index (κ2) is 6.14. The molecule has 20 heavy (non-hydrogen) atoms. The van der Waals surface area contributed by atoms with Crippen molar-refractivity contribution >= 4 is 17.3 Å². The number of para-hydroxylation sites is 1. The Morgan fingerprint density at radius 2 is 1.90 bits per heavy atom. The maximum absolute atomic E-state index is 14.0. The molecule has 2 aromatic carbocycles. The van der Waals surface area contributed by atoms with E-state index in [0.29, 0.717) is 16.3 Å². The van der Waals surface area contributed by atoms with Crippen LogP contribution in [0, 0.1) is 12.7 Å². The Morgan fingerprint density at radius 3 is 2.55 bits per heavy atom. The number of hydrogen-bond donors (Lipinski definition) is 1. The molecule has 4 heteroatoms. The van der Waals surface area contributed by atoms with Crippen molar-refractivity contribution in [2.24, 2.45) is 0 Å². The van der Waals surface area contributed by atoms with E-state index in [2.05, 4.69) is 5.32 Å². The van der Waals surface area contributed by atoms with E-state index in [-0.39, 0.29) is 11.9 Å². The molecule has 2 rings (SSSR count). The molecule has 1 N–H and O–H groups in total. The van der Waals surface area contributed by atoms with Crippen LogP contribution in [-0.2, 0) is 0 Å². The first-order chi connectivity index (χ1) is 9.54. The Labute approximate surface area is 123 Å². The van der Waals surface area contributed by atoms with Gasteiger partial charge in [0.05, 0.1) is 29.4 Å². The van der Waals surface area contributed by atoms with Gasteiger partial charge in [0.1, 0.15) is 11.6 Å². The highest BCUT2D eigenvalue weighted by Crippen LogP contribution is 2.33. The average Bonchev–Trinajstić information content (AvgIpc) is 2.42. The predicted molar refractivity (Wildman–Crippen MR) is 81.2 cm³/mol. The number of benzene rings is 2. The Balaban J connectivity index is 2.36. The minimum atomic E-state index is -0.297. The maximum atomic E-state index is 14.0. The number of hydrogen-bond acceptors (Lipinski definition) is 2. The molecule has 0 aromatic heterocycles. The lowest BCUT2D eigenvalue weighted by molar-refractivity contribution is 0.402. The second-order valence-electron chi connectivity index (χ2n) is 4.65. The molecular weight excluding hydrogens is 277 g/mol. The van der Waals surface area contributed by atoms with Crippen molar-refractivity contribution in [3.8, 4) is 5.75 Å². The molecule has 2 aromatic rings. The highest BCUT2D eigenvalue weighted by atomic mass is 35.5. The van der Waals surface area contributed by atoms with E-state index < -0.39 is 0 Å². The van der Waals surface area contributed by atoms with Crippen LogP contribution in [0.3, 0.4) is 0 Å². The summed E-state index contributed by atoms with van der Waals surface area (Å²) in [4.78, 5) is 0. The first-order valence-electron chi connectivity index (χ1n) is 6.38. The zero-order valence-electron chi connectivity index (χ0n) is 11.7. The fraction of sp³-hybridized carbons (Fsp3) is 0.250. The predicted octanol–water partition coefficient (Wildman–Crippen LogP) is 4.97. The molecule has 0 amide bonds. The average molecular weight is 294 g/mol. The summed E-state index contributed by atoms with van der Waals surface area (Å²) >= 11 is 6.19. The van der Waals surface area contributed by atoms with Crippen molar-refractivity contribution in [2.45, 2.75) is 19.9 Å². The van der Waals surface area contributed by atoms with Crippen LogP contribution in [0.25, 0.3) is 0 Å². The van der Waals surface area contributed by atoms with E-state index in [1.165, 1.54) is 13.2 Å². The number of halogens is 2. The van der Waals surface area contributed by atoms with Crippen molar-refractivity contribution in [3.63, 3.8) is 0 Å². The molecule has 0 radical (unpaired) electrons. The van der Waals surface area contributed by atoms with Gasteiger partial charge in [-0.1, -0.05) is 29.8 Å².